The molecule has 1 aliphatic rings. The average molecular weight is 303 g/mol. The second kappa shape index (κ2) is 6.26. The molecule has 1 fully saturated rings. The zero-order valence-electron chi connectivity index (χ0n) is 11.7. The molecule has 0 heterocycles. The third-order valence-electron chi connectivity index (χ3n) is 3.76. The lowest BCUT2D eigenvalue weighted by atomic mass is 9.84. The van der Waals surface area contributed by atoms with Gasteiger partial charge in [-0.3, -0.25) is 0 Å². The molecule has 6 heteroatoms. The van der Waals surface area contributed by atoms with E-state index in [9.17, 15) is 13.7 Å². The van der Waals surface area contributed by atoms with Gasteiger partial charge in [0.25, 0.3) is 0 Å². The summed E-state index contributed by atoms with van der Waals surface area (Å²) in [5.74, 6) is -0.278. The van der Waals surface area contributed by atoms with Crippen molar-refractivity contribution >= 4 is 10.0 Å². The van der Waals surface area contributed by atoms with Crippen molar-refractivity contribution in [3.63, 3.8) is 0 Å². The topological polar surface area (TPSA) is 93.8 Å². The van der Waals surface area contributed by atoms with Gasteiger partial charge in [0.15, 0.2) is 0 Å². The lowest BCUT2D eigenvalue weighted by Gasteiger charge is -2.31. The molecule has 5 nitrogen and oxygen atoms in total. The van der Waals surface area contributed by atoms with Gasteiger partial charge in [0, 0.05) is 0 Å². The van der Waals surface area contributed by atoms with Crippen molar-refractivity contribution in [2.45, 2.75) is 43.4 Å². The van der Waals surface area contributed by atoms with Gasteiger partial charge in [-0.2, -0.15) is 15.2 Å². The molecule has 1 aromatic carbocycles. The highest BCUT2D eigenvalue weighted by Gasteiger charge is 2.36. The van der Waals surface area contributed by atoms with E-state index in [0.717, 1.165) is 19.3 Å². The van der Waals surface area contributed by atoms with E-state index in [4.69, 9.17) is 5.26 Å². The van der Waals surface area contributed by atoms with Crippen molar-refractivity contribution in [2.24, 2.45) is 0 Å². The van der Waals surface area contributed by atoms with Crippen LogP contribution >= 0.6 is 0 Å². The fourth-order valence-electron chi connectivity index (χ4n) is 2.69. The van der Waals surface area contributed by atoms with E-state index >= 15 is 0 Å². The molecule has 0 aliphatic heterocycles. The summed E-state index contributed by atoms with van der Waals surface area (Å²) in [7, 11) is -3.66. The predicted molar refractivity (Wildman–Crippen MR) is 78.3 cm³/mol. The highest BCUT2D eigenvalue weighted by Crippen LogP contribution is 2.28. The highest BCUT2D eigenvalue weighted by atomic mass is 32.2. The fourth-order valence-corrected chi connectivity index (χ4v) is 4.26. The number of nitrogens with zero attached hydrogens (tertiary/aromatic N) is 2. The quantitative estimate of drug-likeness (QED) is 0.922. The average Bonchev–Trinajstić information content (AvgIpc) is 2.48. The Kier molecular flexibility index (Phi) is 4.62. The summed E-state index contributed by atoms with van der Waals surface area (Å²) >= 11 is 0. The molecule has 0 saturated heterocycles. The summed E-state index contributed by atoms with van der Waals surface area (Å²) < 4.78 is 27.2. The fraction of sp³-hybridized carbons (Fsp3) is 0.467. The molecule has 0 radical (unpaired) electrons. The van der Waals surface area contributed by atoms with Gasteiger partial charge in [-0.05, 0) is 24.5 Å². The van der Waals surface area contributed by atoms with Gasteiger partial charge in [-0.25, -0.2) is 8.42 Å². The Morgan fingerprint density at radius 2 is 1.81 bits per heavy atom. The summed E-state index contributed by atoms with van der Waals surface area (Å²) in [5.41, 5.74) is -0.187. The van der Waals surface area contributed by atoms with Crippen molar-refractivity contribution in [3.8, 4) is 12.1 Å². The zero-order valence-corrected chi connectivity index (χ0v) is 12.5. The van der Waals surface area contributed by atoms with E-state index in [2.05, 4.69) is 10.8 Å². The second-order valence-electron chi connectivity index (χ2n) is 5.38. The van der Waals surface area contributed by atoms with Crippen LogP contribution in [0.25, 0.3) is 0 Å². The van der Waals surface area contributed by atoms with E-state index in [0.29, 0.717) is 24.0 Å². The third kappa shape index (κ3) is 3.81. The molecule has 0 aromatic heterocycles. The summed E-state index contributed by atoms with van der Waals surface area (Å²) in [5, 5.41) is 18.4. The van der Waals surface area contributed by atoms with Crippen molar-refractivity contribution in [1.29, 1.82) is 10.5 Å². The summed E-state index contributed by atoms with van der Waals surface area (Å²) in [6, 6.07) is 10.7. The van der Waals surface area contributed by atoms with E-state index in [1.807, 2.05) is 6.07 Å². The molecule has 21 heavy (non-hydrogen) atoms. The molecule has 0 bridgehead atoms. The van der Waals surface area contributed by atoms with Gasteiger partial charge in [-0.1, -0.05) is 37.5 Å². The van der Waals surface area contributed by atoms with Crippen LogP contribution in [0.3, 0.4) is 0 Å². The van der Waals surface area contributed by atoms with Crippen molar-refractivity contribution < 1.29 is 8.42 Å². The molecular formula is C15H17N3O2S. The first-order valence-corrected chi connectivity index (χ1v) is 8.56. The number of benzene rings is 1. The molecule has 0 atom stereocenters. The first-order valence-electron chi connectivity index (χ1n) is 6.91. The van der Waals surface area contributed by atoms with Crippen LogP contribution < -0.4 is 4.72 Å². The minimum absolute atomic E-state index is 0.278. The maximum atomic E-state index is 12.3. The summed E-state index contributed by atoms with van der Waals surface area (Å²) in [6.45, 7) is 0. The number of nitrogens with one attached hydrogen (secondary N) is 1. The molecule has 2 rings (SSSR count). The Morgan fingerprint density at radius 1 is 1.14 bits per heavy atom. The van der Waals surface area contributed by atoms with Crippen LogP contribution in [0.5, 0.6) is 0 Å². The van der Waals surface area contributed by atoms with Crippen molar-refractivity contribution in [1.82, 2.24) is 4.72 Å². The minimum Gasteiger partial charge on any atom is -0.212 e. The first-order chi connectivity index (χ1) is 10.0. The number of hydrogen-bond acceptors (Lipinski definition) is 4. The molecule has 1 aromatic rings. The predicted octanol–water partition coefficient (Wildman–Crippen LogP) is 2.20. The smallest absolute Gasteiger partial charge is 0.212 e. The molecular weight excluding hydrogens is 286 g/mol. The molecule has 1 N–H and O–H groups in total. The lowest BCUT2D eigenvalue weighted by Crippen LogP contribution is -2.48. The molecule has 1 aliphatic carbocycles. The molecule has 0 unspecified atom stereocenters. The monoisotopic (exact) mass is 303 g/mol. The Hall–Kier alpha value is -1.89. The Bertz CT molecular complexity index is 692. The normalized spacial score (nSPS) is 17.6. The van der Waals surface area contributed by atoms with Crippen molar-refractivity contribution in [3.05, 3.63) is 35.4 Å². The van der Waals surface area contributed by atoms with Crippen LogP contribution in [-0.4, -0.2) is 14.0 Å². The number of sulfonamides is 1. The molecule has 1 saturated carbocycles. The zero-order chi connectivity index (χ0) is 15.3. The van der Waals surface area contributed by atoms with Gasteiger partial charge in [0.1, 0.15) is 5.54 Å². The van der Waals surface area contributed by atoms with Crippen LogP contribution in [0.4, 0.5) is 0 Å². The van der Waals surface area contributed by atoms with Crippen molar-refractivity contribution in [2.75, 3.05) is 0 Å². The van der Waals surface area contributed by atoms with Crippen LogP contribution in [0.15, 0.2) is 24.3 Å². The van der Waals surface area contributed by atoms with Gasteiger partial charge >= 0.3 is 0 Å². The molecule has 0 amide bonds. The molecule has 0 spiro atoms. The van der Waals surface area contributed by atoms with Crippen LogP contribution in [-0.2, 0) is 15.8 Å². The van der Waals surface area contributed by atoms with Crippen LogP contribution in [0, 0.1) is 22.7 Å². The van der Waals surface area contributed by atoms with Gasteiger partial charge in [-0.15, -0.1) is 0 Å². The Labute approximate surface area is 125 Å². The number of rotatable bonds is 4. The maximum Gasteiger partial charge on any atom is 0.217 e. The summed E-state index contributed by atoms with van der Waals surface area (Å²) in [4.78, 5) is 0. The minimum atomic E-state index is -3.66. The number of hydrogen-bond donors (Lipinski definition) is 1. The Balaban J connectivity index is 2.19. The van der Waals surface area contributed by atoms with Gasteiger partial charge < -0.3 is 0 Å². The SMILES string of the molecule is N#Cc1ccccc1CS(=O)(=O)NC1(C#N)CCCCC1. The van der Waals surface area contributed by atoms with Crippen LogP contribution in [0.2, 0.25) is 0 Å². The third-order valence-corrected chi connectivity index (χ3v) is 5.15. The van der Waals surface area contributed by atoms with E-state index in [1.165, 1.54) is 0 Å². The summed E-state index contributed by atoms with van der Waals surface area (Å²) in [6.07, 6.45) is 3.82. The number of nitriles is 2. The maximum absolute atomic E-state index is 12.3. The molecule has 110 valence electrons. The lowest BCUT2D eigenvalue weighted by molar-refractivity contribution is 0.338. The first kappa shape index (κ1) is 15.5. The van der Waals surface area contributed by atoms with Gasteiger partial charge in [0.05, 0.1) is 23.5 Å². The standard InChI is InChI=1S/C15H17N3O2S/c16-10-13-6-2-3-7-14(13)11-21(19,20)18-15(12-17)8-4-1-5-9-15/h2-3,6-7,18H,1,4-5,8-9,11H2. The van der Waals surface area contributed by atoms with E-state index < -0.39 is 15.6 Å². The van der Waals surface area contributed by atoms with E-state index in [1.54, 1.807) is 24.3 Å². The largest absolute Gasteiger partial charge is 0.217 e. The van der Waals surface area contributed by atoms with Crippen LogP contribution in [0.1, 0.15) is 43.2 Å². The highest BCUT2D eigenvalue weighted by molar-refractivity contribution is 7.88. The second-order valence-corrected chi connectivity index (χ2v) is 7.11. The van der Waals surface area contributed by atoms with Gasteiger partial charge in [0.2, 0.25) is 10.0 Å². The Morgan fingerprint density at radius 3 is 2.43 bits per heavy atom. The van der Waals surface area contributed by atoms with E-state index in [-0.39, 0.29) is 5.75 Å².